The molecule has 7 nitrogen and oxygen atoms in total. The Balaban J connectivity index is 2.22. The molecule has 0 aliphatic carbocycles. The van der Waals surface area contributed by atoms with Crippen LogP contribution in [0.3, 0.4) is 0 Å². The molecule has 0 aromatic heterocycles. The summed E-state index contributed by atoms with van der Waals surface area (Å²) < 4.78 is 62.0. The second-order valence-electron chi connectivity index (χ2n) is 5.49. The van der Waals surface area contributed by atoms with Gasteiger partial charge in [0.15, 0.2) is 0 Å². The molecule has 0 spiro atoms. The zero-order valence-electron chi connectivity index (χ0n) is 13.9. The fourth-order valence-electron chi connectivity index (χ4n) is 2.37. The minimum atomic E-state index is -5.55. The molecule has 0 saturated carbocycles. The lowest BCUT2D eigenvalue weighted by Gasteiger charge is -2.28. The van der Waals surface area contributed by atoms with Crippen molar-refractivity contribution in [3.05, 3.63) is 29.8 Å². The molecular weight excluding hydrogens is 375 g/mol. The normalized spacial score (nSPS) is 17.5. The highest BCUT2D eigenvalue weighted by Gasteiger charge is 2.46. The summed E-state index contributed by atoms with van der Waals surface area (Å²) in [6.07, 6.45) is 1.06. The monoisotopic (exact) mass is 393 g/mol. The first-order valence-corrected chi connectivity index (χ1v) is 9.29. The van der Waals surface area contributed by atoms with Crippen molar-refractivity contribution in [1.29, 1.82) is 0 Å². The Labute approximate surface area is 148 Å². The predicted octanol–water partition coefficient (Wildman–Crippen LogP) is 2.46. The molecule has 1 amide bonds. The lowest BCUT2D eigenvalue weighted by Crippen LogP contribution is -2.41. The highest BCUT2D eigenvalue weighted by molar-refractivity contribution is 7.93. The van der Waals surface area contributed by atoms with Crippen LogP contribution in [0.5, 0.6) is 0 Å². The first-order chi connectivity index (χ1) is 12.2. The number of halogens is 3. The van der Waals surface area contributed by atoms with Crippen molar-refractivity contribution in [3.63, 3.8) is 0 Å². The Bertz CT molecular complexity index is 794. The second kappa shape index (κ2) is 7.94. The van der Waals surface area contributed by atoms with E-state index in [1.54, 1.807) is 13.0 Å². The zero-order chi connectivity index (χ0) is 19.4. The van der Waals surface area contributed by atoms with E-state index in [-0.39, 0.29) is 23.5 Å². The molecule has 1 aromatic rings. The highest BCUT2D eigenvalue weighted by atomic mass is 32.2. The molecule has 26 heavy (non-hydrogen) atoms. The average molecular weight is 393 g/mol. The summed E-state index contributed by atoms with van der Waals surface area (Å²) in [7, 11) is -5.55. The van der Waals surface area contributed by atoms with Crippen molar-refractivity contribution in [3.8, 4) is 0 Å². The van der Waals surface area contributed by atoms with Gasteiger partial charge in [0.1, 0.15) is 12.3 Å². The van der Waals surface area contributed by atoms with Crippen LogP contribution in [-0.4, -0.2) is 43.6 Å². The minimum Gasteiger partial charge on any atom is -0.396 e. The van der Waals surface area contributed by atoms with Crippen LogP contribution >= 0.6 is 0 Å². The summed E-state index contributed by atoms with van der Waals surface area (Å²) in [5.41, 5.74) is -5.19. The molecule has 1 saturated heterocycles. The quantitative estimate of drug-likeness (QED) is 0.752. The first kappa shape index (κ1) is 20.0. The highest BCUT2D eigenvalue weighted by Crippen LogP contribution is 2.28. The molecule has 1 fully saturated rings. The Hall–Kier alpha value is -2.30. The van der Waals surface area contributed by atoms with Gasteiger partial charge in [-0.15, -0.1) is 0 Å². The SMILES string of the molecule is CCO/N=C1\CCCN(Cc2ccccc2NS(=O)(=O)C(F)(F)F)C1=O. The Morgan fingerprint density at radius 3 is 2.65 bits per heavy atom. The zero-order valence-corrected chi connectivity index (χ0v) is 14.7. The van der Waals surface area contributed by atoms with Gasteiger partial charge in [0, 0.05) is 19.5 Å². The summed E-state index contributed by atoms with van der Waals surface area (Å²) in [5, 5.41) is 3.75. The van der Waals surface area contributed by atoms with Gasteiger partial charge in [-0.2, -0.15) is 21.6 Å². The molecule has 1 aromatic carbocycles. The van der Waals surface area contributed by atoms with Crippen molar-refractivity contribution in [2.75, 3.05) is 17.9 Å². The number of hydrogen-bond acceptors (Lipinski definition) is 5. The summed E-state index contributed by atoms with van der Waals surface area (Å²) in [4.78, 5) is 18.7. The summed E-state index contributed by atoms with van der Waals surface area (Å²) >= 11 is 0. The number of likely N-dealkylation sites (tertiary alicyclic amines) is 1. The maximum atomic E-state index is 12.6. The van der Waals surface area contributed by atoms with Gasteiger partial charge in [-0.25, -0.2) is 0 Å². The Kier molecular flexibility index (Phi) is 6.11. The number of piperidine rings is 1. The maximum absolute atomic E-state index is 12.6. The van der Waals surface area contributed by atoms with Crippen LogP contribution in [0.2, 0.25) is 0 Å². The van der Waals surface area contributed by atoms with Gasteiger partial charge in [-0.3, -0.25) is 9.52 Å². The summed E-state index contributed by atoms with van der Waals surface area (Å²) in [6.45, 7) is 2.35. The van der Waals surface area contributed by atoms with E-state index in [2.05, 4.69) is 5.16 Å². The molecule has 1 N–H and O–H groups in total. The van der Waals surface area contributed by atoms with E-state index in [4.69, 9.17) is 4.84 Å². The molecule has 1 aliphatic rings. The van der Waals surface area contributed by atoms with E-state index < -0.39 is 21.4 Å². The number of para-hydroxylation sites is 1. The predicted molar refractivity (Wildman–Crippen MR) is 88.8 cm³/mol. The topological polar surface area (TPSA) is 88.1 Å². The average Bonchev–Trinajstić information content (AvgIpc) is 2.56. The molecule has 1 aliphatic heterocycles. The van der Waals surface area contributed by atoms with Crippen LogP contribution < -0.4 is 4.72 Å². The van der Waals surface area contributed by atoms with Crippen molar-refractivity contribution < 1.29 is 31.2 Å². The standard InChI is InChI=1S/C15H18F3N3O4S/c1-2-25-19-13-8-5-9-21(14(13)22)10-11-6-3-4-7-12(11)20-26(23,24)15(16,17)18/h3-4,6-7,20H,2,5,8-10H2,1H3/b19-13+. The third-order valence-electron chi connectivity index (χ3n) is 3.61. The van der Waals surface area contributed by atoms with E-state index in [0.717, 1.165) is 0 Å². The van der Waals surface area contributed by atoms with Crippen LogP contribution in [0.25, 0.3) is 0 Å². The Morgan fingerprint density at radius 1 is 1.31 bits per heavy atom. The number of carbonyl (C=O) groups excluding carboxylic acids is 1. The lowest BCUT2D eigenvalue weighted by molar-refractivity contribution is -0.126. The molecule has 1 heterocycles. The van der Waals surface area contributed by atoms with E-state index in [1.165, 1.54) is 27.8 Å². The number of anilines is 1. The summed E-state index contributed by atoms with van der Waals surface area (Å²) in [5.74, 6) is -0.391. The van der Waals surface area contributed by atoms with E-state index in [0.29, 0.717) is 26.0 Å². The van der Waals surface area contributed by atoms with Gasteiger partial charge in [0.25, 0.3) is 5.91 Å². The fraction of sp³-hybridized carbons (Fsp3) is 0.467. The number of sulfonamides is 1. The first-order valence-electron chi connectivity index (χ1n) is 7.81. The van der Waals surface area contributed by atoms with Crippen molar-refractivity contribution >= 4 is 27.3 Å². The number of nitrogens with zero attached hydrogens (tertiary/aromatic N) is 2. The van der Waals surface area contributed by atoms with Gasteiger partial charge in [0.05, 0.1) is 5.69 Å². The van der Waals surface area contributed by atoms with Gasteiger partial charge in [-0.05, 0) is 25.0 Å². The van der Waals surface area contributed by atoms with E-state index in [1.807, 2.05) is 0 Å². The number of benzene rings is 1. The third kappa shape index (κ3) is 4.65. The van der Waals surface area contributed by atoms with Gasteiger partial charge in [-0.1, -0.05) is 23.4 Å². The van der Waals surface area contributed by atoms with Crippen molar-refractivity contribution in [2.24, 2.45) is 5.16 Å². The van der Waals surface area contributed by atoms with Crippen molar-refractivity contribution in [2.45, 2.75) is 31.8 Å². The molecule has 0 bridgehead atoms. The van der Waals surface area contributed by atoms with Crippen LogP contribution in [0, 0.1) is 0 Å². The molecule has 0 atom stereocenters. The number of nitrogens with one attached hydrogen (secondary N) is 1. The summed E-state index contributed by atoms with van der Waals surface area (Å²) in [6, 6.07) is 5.61. The fourth-order valence-corrected chi connectivity index (χ4v) is 2.98. The molecule has 2 rings (SSSR count). The number of rotatable bonds is 6. The number of hydrogen-bond donors (Lipinski definition) is 1. The minimum absolute atomic E-state index is 0.0550. The van der Waals surface area contributed by atoms with Crippen LogP contribution in [-0.2, 0) is 26.2 Å². The molecule has 0 radical (unpaired) electrons. The lowest BCUT2D eigenvalue weighted by atomic mass is 10.1. The van der Waals surface area contributed by atoms with Crippen LogP contribution in [0.15, 0.2) is 29.4 Å². The number of alkyl halides is 3. The van der Waals surface area contributed by atoms with Crippen LogP contribution in [0.4, 0.5) is 18.9 Å². The smallest absolute Gasteiger partial charge is 0.396 e. The maximum Gasteiger partial charge on any atom is 0.516 e. The number of amides is 1. The molecule has 11 heteroatoms. The van der Waals surface area contributed by atoms with Crippen molar-refractivity contribution in [1.82, 2.24) is 4.90 Å². The van der Waals surface area contributed by atoms with E-state index >= 15 is 0 Å². The molecule has 144 valence electrons. The molecular formula is C15H18F3N3O4S. The van der Waals surface area contributed by atoms with Crippen LogP contribution in [0.1, 0.15) is 25.3 Å². The third-order valence-corrected chi connectivity index (χ3v) is 4.71. The van der Waals surface area contributed by atoms with Gasteiger partial charge >= 0.3 is 15.5 Å². The Morgan fingerprint density at radius 2 is 2.00 bits per heavy atom. The van der Waals surface area contributed by atoms with Gasteiger partial charge < -0.3 is 9.74 Å². The number of carbonyl (C=O) groups is 1. The van der Waals surface area contributed by atoms with E-state index in [9.17, 15) is 26.4 Å². The van der Waals surface area contributed by atoms with Gasteiger partial charge in [0.2, 0.25) is 0 Å². The second-order valence-corrected chi connectivity index (χ2v) is 7.17. The molecule has 0 unspecified atom stereocenters. The largest absolute Gasteiger partial charge is 0.516 e. The number of oxime groups is 1.